The van der Waals surface area contributed by atoms with Crippen molar-refractivity contribution < 1.29 is 9.50 Å². The highest BCUT2D eigenvalue weighted by Crippen LogP contribution is 2.29. The second-order valence-electron chi connectivity index (χ2n) is 4.89. The largest absolute Gasteiger partial charge is 0.385 e. The number of halogens is 1. The molecule has 1 rings (SSSR count). The molecule has 0 fully saturated rings. The molecule has 1 nitrogen and oxygen atoms in total. The van der Waals surface area contributed by atoms with E-state index < -0.39 is 5.60 Å². The fourth-order valence-electron chi connectivity index (χ4n) is 1.96. The molecular formula is C13H19FO. The molecule has 1 atom stereocenters. The number of aliphatic hydroxyl groups is 1. The lowest BCUT2D eigenvalue weighted by Crippen LogP contribution is -2.23. The van der Waals surface area contributed by atoms with Gasteiger partial charge in [-0.2, -0.15) is 0 Å². The first-order valence-electron chi connectivity index (χ1n) is 5.31. The summed E-state index contributed by atoms with van der Waals surface area (Å²) >= 11 is 0. The Kier molecular flexibility index (Phi) is 3.50. The Hall–Kier alpha value is -0.890. The molecule has 0 amide bonds. The predicted octanol–water partition coefficient (Wildman–Crippen LogP) is 3.39. The molecule has 1 unspecified atom stereocenters. The van der Waals surface area contributed by atoms with Crippen molar-refractivity contribution in [2.45, 2.75) is 39.7 Å². The summed E-state index contributed by atoms with van der Waals surface area (Å²) in [6.07, 6.45) is 0.635. The predicted molar refractivity (Wildman–Crippen MR) is 60.2 cm³/mol. The van der Waals surface area contributed by atoms with E-state index in [9.17, 15) is 9.50 Å². The molecule has 0 aromatic heterocycles. The summed E-state index contributed by atoms with van der Waals surface area (Å²) in [5.74, 6) is 0.0950. The molecule has 1 aromatic rings. The first-order chi connectivity index (χ1) is 6.81. The van der Waals surface area contributed by atoms with Gasteiger partial charge in [-0.25, -0.2) is 4.39 Å². The van der Waals surface area contributed by atoms with Crippen molar-refractivity contribution in [3.63, 3.8) is 0 Å². The maximum Gasteiger partial charge on any atom is 0.123 e. The average molecular weight is 210 g/mol. The molecule has 0 aliphatic heterocycles. The molecule has 0 aliphatic rings. The molecule has 0 spiro atoms. The first kappa shape index (κ1) is 12.2. The average Bonchev–Trinajstić information content (AvgIpc) is 1.99. The van der Waals surface area contributed by atoms with Gasteiger partial charge in [0.1, 0.15) is 5.82 Å². The zero-order valence-corrected chi connectivity index (χ0v) is 9.84. The van der Waals surface area contributed by atoms with Crippen LogP contribution in [0.4, 0.5) is 4.39 Å². The van der Waals surface area contributed by atoms with Crippen LogP contribution in [0.2, 0.25) is 0 Å². The van der Waals surface area contributed by atoms with Gasteiger partial charge in [-0.3, -0.25) is 0 Å². The fraction of sp³-hybridized carbons (Fsp3) is 0.538. The highest BCUT2D eigenvalue weighted by Gasteiger charge is 2.24. The third-order valence-electron chi connectivity index (χ3n) is 2.47. The normalized spacial score (nSPS) is 15.4. The summed E-state index contributed by atoms with van der Waals surface area (Å²) in [4.78, 5) is 0. The maximum atomic E-state index is 13.2. The van der Waals surface area contributed by atoms with Crippen LogP contribution >= 0.6 is 0 Å². The van der Waals surface area contributed by atoms with Crippen LogP contribution in [0.25, 0.3) is 0 Å². The van der Waals surface area contributed by atoms with E-state index in [0.29, 0.717) is 17.9 Å². The number of rotatable bonds is 3. The van der Waals surface area contributed by atoms with Crippen molar-refractivity contribution in [3.05, 3.63) is 35.1 Å². The second-order valence-corrected chi connectivity index (χ2v) is 4.89. The molecule has 2 heteroatoms. The van der Waals surface area contributed by atoms with E-state index in [0.717, 1.165) is 5.56 Å². The topological polar surface area (TPSA) is 20.2 Å². The zero-order valence-electron chi connectivity index (χ0n) is 9.84. The van der Waals surface area contributed by atoms with E-state index in [-0.39, 0.29) is 5.82 Å². The third kappa shape index (κ3) is 3.31. The van der Waals surface area contributed by atoms with E-state index in [2.05, 4.69) is 0 Å². The van der Waals surface area contributed by atoms with Gasteiger partial charge in [0, 0.05) is 0 Å². The van der Waals surface area contributed by atoms with Gasteiger partial charge >= 0.3 is 0 Å². The number of benzene rings is 1. The summed E-state index contributed by atoms with van der Waals surface area (Å²) in [7, 11) is 0. The standard InChI is InChI=1S/C13H19FO/c1-9(2)8-13(4,15)11-5-10(3)6-12(14)7-11/h5-7,9,15H,8H2,1-4H3. The van der Waals surface area contributed by atoms with Gasteiger partial charge < -0.3 is 5.11 Å². The molecule has 84 valence electrons. The van der Waals surface area contributed by atoms with Crippen molar-refractivity contribution in [3.8, 4) is 0 Å². The first-order valence-corrected chi connectivity index (χ1v) is 5.31. The Morgan fingerprint density at radius 2 is 1.93 bits per heavy atom. The smallest absolute Gasteiger partial charge is 0.123 e. The monoisotopic (exact) mass is 210 g/mol. The SMILES string of the molecule is Cc1cc(F)cc(C(C)(O)CC(C)C)c1. The van der Waals surface area contributed by atoms with Crippen LogP contribution in [0.1, 0.15) is 38.3 Å². The minimum atomic E-state index is -0.943. The fourth-order valence-corrected chi connectivity index (χ4v) is 1.96. The molecule has 0 heterocycles. The van der Waals surface area contributed by atoms with E-state index in [1.165, 1.54) is 12.1 Å². The summed E-state index contributed by atoms with van der Waals surface area (Å²) in [6.45, 7) is 7.65. The molecule has 0 radical (unpaired) electrons. The Morgan fingerprint density at radius 1 is 1.33 bits per heavy atom. The van der Waals surface area contributed by atoms with Gasteiger partial charge in [0.2, 0.25) is 0 Å². The number of aryl methyl sites for hydroxylation is 1. The lowest BCUT2D eigenvalue weighted by Gasteiger charge is -2.26. The number of hydrogen-bond donors (Lipinski definition) is 1. The Bertz CT molecular complexity index is 322. The maximum absolute atomic E-state index is 13.2. The molecular weight excluding hydrogens is 191 g/mol. The molecule has 15 heavy (non-hydrogen) atoms. The van der Waals surface area contributed by atoms with Crippen LogP contribution in [0.15, 0.2) is 18.2 Å². The molecule has 0 aliphatic carbocycles. The Morgan fingerprint density at radius 3 is 2.40 bits per heavy atom. The summed E-state index contributed by atoms with van der Waals surface area (Å²) in [6, 6.07) is 4.72. The van der Waals surface area contributed by atoms with E-state index in [1.54, 1.807) is 6.92 Å². The molecule has 1 N–H and O–H groups in total. The van der Waals surface area contributed by atoms with Crippen LogP contribution < -0.4 is 0 Å². The van der Waals surface area contributed by atoms with Gasteiger partial charge in [0.25, 0.3) is 0 Å². The molecule has 1 aromatic carbocycles. The summed E-state index contributed by atoms with van der Waals surface area (Å²) in [5.41, 5.74) is 0.559. The van der Waals surface area contributed by atoms with Crippen LogP contribution in [-0.4, -0.2) is 5.11 Å². The van der Waals surface area contributed by atoms with Crippen molar-refractivity contribution in [1.82, 2.24) is 0 Å². The van der Waals surface area contributed by atoms with Gasteiger partial charge in [-0.05, 0) is 49.4 Å². The van der Waals surface area contributed by atoms with E-state index in [1.807, 2.05) is 26.8 Å². The van der Waals surface area contributed by atoms with Crippen molar-refractivity contribution in [2.24, 2.45) is 5.92 Å². The van der Waals surface area contributed by atoms with Gasteiger partial charge in [-0.1, -0.05) is 19.9 Å². The molecule has 0 saturated carbocycles. The minimum Gasteiger partial charge on any atom is -0.385 e. The van der Waals surface area contributed by atoms with Gasteiger partial charge in [-0.15, -0.1) is 0 Å². The highest BCUT2D eigenvalue weighted by molar-refractivity contribution is 5.28. The Labute approximate surface area is 90.9 Å². The van der Waals surface area contributed by atoms with E-state index in [4.69, 9.17) is 0 Å². The quantitative estimate of drug-likeness (QED) is 0.810. The lowest BCUT2D eigenvalue weighted by atomic mass is 9.87. The highest BCUT2D eigenvalue weighted by atomic mass is 19.1. The summed E-state index contributed by atoms with van der Waals surface area (Å²) < 4.78 is 13.2. The van der Waals surface area contributed by atoms with Crippen molar-refractivity contribution in [2.75, 3.05) is 0 Å². The minimum absolute atomic E-state index is 0.283. The molecule has 0 bridgehead atoms. The summed E-state index contributed by atoms with van der Waals surface area (Å²) in [5, 5.41) is 10.2. The van der Waals surface area contributed by atoms with Gasteiger partial charge in [0.05, 0.1) is 5.60 Å². The molecule has 0 saturated heterocycles. The van der Waals surface area contributed by atoms with Crippen LogP contribution in [0.3, 0.4) is 0 Å². The van der Waals surface area contributed by atoms with Gasteiger partial charge in [0.15, 0.2) is 0 Å². The van der Waals surface area contributed by atoms with Crippen LogP contribution in [-0.2, 0) is 5.60 Å². The Balaban J connectivity index is 3.03. The third-order valence-corrected chi connectivity index (χ3v) is 2.47. The van der Waals surface area contributed by atoms with Crippen molar-refractivity contribution >= 4 is 0 Å². The van der Waals surface area contributed by atoms with Crippen LogP contribution in [0, 0.1) is 18.7 Å². The van der Waals surface area contributed by atoms with E-state index >= 15 is 0 Å². The lowest BCUT2D eigenvalue weighted by molar-refractivity contribution is 0.0345. The second kappa shape index (κ2) is 4.31. The van der Waals surface area contributed by atoms with Crippen molar-refractivity contribution in [1.29, 1.82) is 0 Å². The number of hydrogen-bond acceptors (Lipinski definition) is 1. The van der Waals surface area contributed by atoms with Crippen LogP contribution in [0.5, 0.6) is 0 Å². The zero-order chi connectivity index (χ0) is 11.6.